The SMILES string of the molecule is Cc1nnc(COc2c(F)cc(Cl)c3c2[C@@H](CCN2CC4(CC4)CC2=O)N(C(=O)[C@@H]2CCCC[C@]2(C)C(=O)O)CC3)n1C. The molecule has 1 aromatic heterocycles. The molecule has 1 N–H and O–H groups in total. The Labute approximate surface area is 255 Å². The number of ether oxygens (including phenoxy) is 1. The Balaban J connectivity index is 1.37. The largest absolute Gasteiger partial charge is 0.482 e. The summed E-state index contributed by atoms with van der Waals surface area (Å²) < 4.78 is 23.6. The van der Waals surface area contributed by atoms with Crippen LogP contribution in [0.25, 0.3) is 0 Å². The number of hydrogen-bond acceptors (Lipinski definition) is 6. The molecule has 3 atom stereocenters. The van der Waals surface area contributed by atoms with Crippen LogP contribution in [0.2, 0.25) is 5.02 Å². The predicted octanol–water partition coefficient (Wildman–Crippen LogP) is 4.60. The van der Waals surface area contributed by atoms with Gasteiger partial charge in [-0.25, -0.2) is 4.39 Å². The first kappa shape index (κ1) is 29.8. The van der Waals surface area contributed by atoms with E-state index in [9.17, 15) is 19.5 Å². The lowest BCUT2D eigenvalue weighted by molar-refractivity contribution is -0.162. The van der Waals surface area contributed by atoms with Crippen LogP contribution in [-0.2, 0) is 34.5 Å². The highest BCUT2D eigenvalue weighted by Gasteiger charge is 2.52. The topological polar surface area (TPSA) is 118 Å². The van der Waals surface area contributed by atoms with Gasteiger partial charge in [0, 0.05) is 43.7 Å². The average molecular weight is 616 g/mol. The van der Waals surface area contributed by atoms with E-state index in [2.05, 4.69) is 10.2 Å². The van der Waals surface area contributed by atoms with Crippen molar-refractivity contribution in [1.29, 1.82) is 0 Å². The van der Waals surface area contributed by atoms with Gasteiger partial charge in [-0.05, 0) is 69.4 Å². The number of aliphatic carboxylic acids is 1. The van der Waals surface area contributed by atoms with Crippen LogP contribution in [0.3, 0.4) is 0 Å². The molecule has 232 valence electrons. The van der Waals surface area contributed by atoms with Gasteiger partial charge < -0.3 is 24.2 Å². The van der Waals surface area contributed by atoms with Crippen molar-refractivity contribution in [3.05, 3.63) is 39.7 Å². The van der Waals surface area contributed by atoms with Crippen LogP contribution in [0.1, 0.15) is 87.1 Å². The number of carbonyl (C=O) groups is 3. The fourth-order valence-electron chi connectivity index (χ4n) is 7.39. The van der Waals surface area contributed by atoms with Crippen LogP contribution in [0.4, 0.5) is 4.39 Å². The van der Waals surface area contributed by atoms with E-state index >= 15 is 4.39 Å². The monoisotopic (exact) mass is 615 g/mol. The molecule has 2 saturated carbocycles. The Kier molecular flexibility index (Phi) is 7.67. The lowest BCUT2D eigenvalue weighted by Gasteiger charge is -2.44. The normalized spacial score (nSPS) is 26.1. The summed E-state index contributed by atoms with van der Waals surface area (Å²) in [5, 5.41) is 18.6. The van der Waals surface area contributed by atoms with Crippen molar-refractivity contribution in [3.63, 3.8) is 0 Å². The first-order valence-corrected chi connectivity index (χ1v) is 15.6. The summed E-state index contributed by atoms with van der Waals surface area (Å²) in [6.45, 7) is 4.82. The number of halogens is 2. The number of carboxylic acid groups (broad SMARTS) is 1. The maximum absolute atomic E-state index is 15.7. The fourth-order valence-corrected chi connectivity index (χ4v) is 7.69. The van der Waals surface area contributed by atoms with Gasteiger partial charge in [0.2, 0.25) is 11.8 Å². The minimum Gasteiger partial charge on any atom is -0.482 e. The van der Waals surface area contributed by atoms with Crippen molar-refractivity contribution in [1.82, 2.24) is 24.6 Å². The van der Waals surface area contributed by atoms with Crippen LogP contribution in [0, 0.1) is 29.5 Å². The first-order chi connectivity index (χ1) is 20.4. The molecule has 10 nitrogen and oxygen atoms in total. The van der Waals surface area contributed by atoms with Crippen LogP contribution in [0.15, 0.2) is 6.07 Å². The molecule has 3 heterocycles. The zero-order chi connectivity index (χ0) is 30.7. The van der Waals surface area contributed by atoms with Crippen molar-refractivity contribution in [2.24, 2.45) is 23.8 Å². The van der Waals surface area contributed by atoms with Gasteiger partial charge >= 0.3 is 5.97 Å². The summed E-state index contributed by atoms with van der Waals surface area (Å²) in [6.07, 6.45) is 5.77. The smallest absolute Gasteiger partial charge is 0.310 e. The van der Waals surface area contributed by atoms with E-state index in [0.717, 1.165) is 25.7 Å². The Morgan fingerprint density at radius 2 is 2.00 bits per heavy atom. The third kappa shape index (κ3) is 5.27. The predicted molar refractivity (Wildman–Crippen MR) is 155 cm³/mol. The summed E-state index contributed by atoms with van der Waals surface area (Å²) in [5.41, 5.74) is 0.0904. The molecule has 0 radical (unpaired) electrons. The molecule has 2 aliphatic heterocycles. The highest BCUT2D eigenvalue weighted by Crippen LogP contribution is 2.53. The second-order valence-corrected chi connectivity index (χ2v) is 13.6. The maximum atomic E-state index is 15.7. The van der Waals surface area contributed by atoms with Gasteiger partial charge in [0.25, 0.3) is 0 Å². The quantitative estimate of drug-likeness (QED) is 0.461. The standard InChI is InChI=1S/C31H39ClFN5O5/c1-18-34-35-24(36(18)3)16-43-27-22(33)14-21(32)19-7-13-38(28(40)20-6-4-5-9-30(20,2)29(41)42)23(26(19)27)8-12-37-17-31(10-11-31)15-25(37)39/h14,20,23H,4-13,15-17H2,1-3H3,(H,41,42)/t20-,23+,30-/m0/s1. The third-order valence-corrected chi connectivity index (χ3v) is 10.8. The maximum Gasteiger partial charge on any atom is 0.310 e. The summed E-state index contributed by atoms with van der Waals surface area (Å²) >= 11 is 6.62. The molecule has 2 aliphatic carbocycles. The number of benzene rings is 1. The molecule has 2 amide bonds. The number of likely N-dealkylation sites (tertiary alicyclic amines) is 1. The van der Waals surface area contributed by atoms with E-state index < -0.39 is 29.2 Å². The van der Waals surface area contributed by atoms with Gasteiger partial charge in [-0.15, -0.1) is 10.2 Å². The van der Waals surface area contributed by atoms with Gasteiger partial charge in [0.1, 0.15) is 12.4 Å². The van der Waals surface area contributed by atoms with E-state index in [1.807, 2.05) is 11.8 Å². The molecule has 3 fully saturated rings. The number of amides is 2. The Hall–Kier alpha value is -3.21. The zero-order valence-corrected chi connectivity index (χ0v) is 25.8. The van der Waals surface area contributed by atoms with E-state index in [1.165, 1.54) is 6.07 Å². The van der Waals surface area contributed by atoms with Crippen LogP contribution in [0.5, 0.6) is 5.75 Å². The minimum absolute atomic E-state index is 0.00129. The second-order valence-electron chi connectivity index (χ2n) is 13.2. The highest BCUT2D eigenvalue weighted by molar-refractivity contribution is 6.31. The highest BCUT2D eigenvalue weighted by atomic mass is 35.5. The van der Waals surface area contributed by atoms with Gasteiger partial charge in [-0.3, -0.25) is 14.4 Å². The molecule has 43 heavy (non-hydrogen) atoms. The van der Waals surface area contributed by atoms with Crippen molar-refractivity contribution in [3.8, 4) is 5.75 Å². The number of carboxylic acids is 1. The Morgan fingerprint density at radius 1 is 1.23 bits per heavy atom. The molecular formula is C31H39ClFN5O5. The average Bonchev–Trinajstić information content (AvgIpc) is 3.55. The second kappa shape index (κ2) is 11.1. The number of rotatable bonds is 8. The molecule has 0 bridgehead atoms. The van der Waals surface area contributed by atoms with Gasteiger partial charge in [0.05, 0.1) is 17.4 Å². The van der Waals surface area contributed by atoms with E-state index in [1.54, 1.807) is 23.4 Å². The van der Waals surface area contributed by atoms with E-state index in [0.29, 0.717) is 74.5 Å². The molecule has 6 rings (SSSR count). The third-order valence-electron chi connectivity index (χ3n) is 10.5. The zero-order valence-electron chi connectivity index (χ0n) is 25.0. The van der Waals surface area contributed by atoms with Crippen molar-refractivity contribution >= 4 is 29.4 Å². The number of carbonyl (C=O) groups excluding carboxylic acids is 2. The van der Waals surface area contributed by atoms with Gasteiger partial charge in [-0.2, -0.15) is 0 Å². The van der Waals surface area contributed by atoms with E-state index in [4.69, 9.17) is 16.3 Å². The van der Waals surface area contributed by atoms with Crippen LogP contribution in [-0.4, -0.2) is 67.1 Å². The lowest BCUT2D eigenvalue weighted by atomic mass is 9.66. The molecule has 4 aliphatic rings. The fraction of sp³-hybridized carbons (Fsp3) is 0.645. The number of fused-ring (bicyclic) bond motifs is 1. The minimum atomic E-state index is -1.19. The molecule has 0 unspecified atom stereocenters. The molecule has 2 aromatic rings. The van der Waals surface area contributed by atoms with E-state index in [-0.39, 0.29) is 34.6 Å². The summed E-state index contributed by atoms with van der Waals surface area (Å²) in [7, 11) is 1.80. The van der Waals surface area contributed by atoms with Crippen molar-refractivity contribution in [2.75, 3.05) is 19.6 Å². The van der Waals surface area contributed by atoms with Crippen molar-refractivity contribution < 1.29 is 28.6 Å². The van der Waals surface area contributed by atoms with Crippen molar-refractivity contribution in [2.45, 2.75) is 84.3 Å². The summed E-state index contributed by atoms with van der Waals surface area (Å²) in [5.74, 6) is -1.29. The molecule has 12 heteroatoms. The first-order valence-electron chi connectivity index (χ1n) is 15.2. The molecule has 1 spiro atoms. The number of aromatic nitrogens is 3. The number of nitrogens with zero attached hydrogens (tertiary/aromatic N) is 5. The summed E-state index contributed by atoms with van der Waals surface area (Å²) in [6, 6.07) is 0.597. The molecule has 1 saturated heterocycles. The lowest BCUT2D eigenvalue weighted by Crippen LogP contribution is -2.51. The Bertz CT molecular complexity index is 1470. The molecule has 1 aromatic carbocycles. The Morgan fingerprint density at radius 3 is 2.65 bits per heavy atom. The van der Waals surface area contributed by atoms with Crippen LogP contribution >= 0.6 is 11.6 Å². The molecular weight excluding hydrogens is 577 g/mol. The number of hydrogen-bond donors (Lipinski definition) is 1. The number of aryl methyl sites for hydroxylation is 1. The van der Waals surface area contributed by atoms with Gasteiger partial charge in [0.15, 0.2) is 17.4 Å². The summed E-state index contributed by atoms with van der Waals surface area (Å²) in [4.78, 5) is 43.3. The van der Waals surface area contributed by atoms with Crippen LogP contribution < -0.4 is 4.74 Å². The van der Waals surface area contributed by atoms with Gasteiger partial charge in [-0.1, -0.05) is 24.4 Å².